The zero-order chi connectivity index (χ0) is 12.4. The Labute approximate surface area is 111 Å². The lowest BCUT2D eigenvalue weighted by molar-refractivity contribution is 0.544. The lowest BCUT2D eigenvalue weighted by Crippen LogP contribution is -2.11. The smallest absolute Gasteiger partial charge is 0.179 e. The monoisotopic (exact) mass is 267 g/mol. The number of H-pyrrole nitrogens is 1. The Morgan fingerprint density at radius 1 is 1.59 bits per heavy atom. The highest BCUT2D eigenvalue weighted by Gasteiger charge is 2.14. The van der Waals surface area contributed by atoms with Crippen molar-refractivity contribution in [2.24, 2.45) is 0 Å². The highest BCUT2D eigenvalue weighted by Crippen LogP contribution is 2.22. The number of hydrogen-bond acceptors (Lipinski definition) is 3. The minimum atomic E-state index is 0.418. The molecule has 2 rings (SSSR count). The van der Waals surface area contributed by atoms with Gasteiger partial charge in [-0.1, -0.05) is 6.92 Å². The fraction of sp³-hybridized carbons (Fsp3) is 0.500. The fourth-order valence-corrected chi connectivity index (χ4v) is 3.14. The van der Waals surface area contributed by atoms with Gasteiger partial charge < -0.3 is 4.98 Å². The number of hydrogen-bond donors (Lipinski definition) is 1. The number of thioether (sulfide) groups is 1. The zero-order valence-electron chi connectivity index (χ0n) is 10.4. The number of rotatable bonds is 4. The van der Waals surface area contributed by atoms with Gasteiger partial charge in [-0.25, -0.2) is 4.98 Å². The van der Waals surface area contributed by atoms with E-state index in [0.717, 1.165) is 33.7 Å². The van der Waals surface area contributed by atoms with E-state index in [4.69, 9.17) is 12.2 Å². The van der Waals surface area contributed by atoms with Crippen LogP contribution in [-0.4, -0.2) is 26.5 Å². The van der Waals surface area contributed by atoms with Gasteiger partial charge in [-0.15, -0.1) is 0 Å². The standard InChI is InChI=1S/C12H17N3S2/c1-4-9(7-17-3)15-11-10(14-12(15)16)5-8(2)6-13-11/h5-6,9H,4,7H2,1-3H3,(H,14,16). The van der Waals surface area contributed by atoms with E-state index in [1.807, 2.05) is 24.9 Å². The molecular formula is C12H17N3S2. The van der Waals surface area contributed by atoms with Crippen molar-refractivity contribution in [1.29, 1.82) is 0 Å². The third-order valence-corrected chi connectivity index (χ3v) is 3.90. The van der Waals surface area contributed by atoms with Crippen LogP contribution in [0.1, 0.15) is 24.9 Å². The topological polar surface area (TPSA) is 33.6 Å². The number of fused-ring (bicyclic) bond motifs is 1. The van der Waals surface area contributed by atoms with E-state index in [1.54, 1.807) is 0 Å². The Morgan fingerprint density at radius 3 is 3.00 bits per heavy atom. The van der Waals surface area contributed by atoms with Gasteiger partial charge in [0.05, 0.1) is 5.52 Å². The van der Waals surface area contributed by atoms with E-state index in [0.29, 0.717) is 6.04 Å². The van der Waals surface area contributed by atoms with Crippen molar-refractivity contribution in [2.75, 3.05) is 12.0 Å². The second kappa shape index (κ2) is 5.23. The molecule has 0 fully saturated rings. The highest BCUT2D eigenvalue weighted by atomic mass is 32.2. The number of nitrogens with zero attached hydrogens (tertiary/aromatic N) is 2. The van der Waals surface area contributed by atoms with Gasteiger partial charge in [0, 0.05) is 18.0 Å². The molecule has 2 heterocycles. The molecule has 3 nitrogen and oxygen atoms in total. The van der Waals surface area contributed by atoms with Crippen molar-refractivity contribution >= 4 is 35.1 Å². The summed E-state index contributed by atoms with van der Waals surface area (Å²) in [5, 5.41) is 0. The van der Waals surface area contributed by atoms with Gasteiger partial charge in [0.2, 0.25) is 0 Å². The molecule has 0 bridgehead atoms. The average Bonchev–Trinajstić information content (AvgIpc) is 2.61. The van der Waals surface area contributed by atoms with Crippen LogP contribution in [-0.2, 0) is 0 Å². The van der Waals surface area contributed by atoms with Gasteiger partial charge in [0.1, 0.15) is 0 Å². The summed E-state index contributed by atoms with van der Waals surface area (Å²) in [4.78, 5) is 7.76. The van der Waals surface area contributed by atoms with Gasteiger partial charge in [-0.3, -0.25) is 4.57 Å². The molecule has 92 valence electrons. The van der Waals surface area contributed by atoms with E-state index in [-0.39, 0.29) is 0 Å². The molecule has 5 heteroatoms. The van der Waals surface area contributed by atoms with Crippen molar-refractivity contribution in [2.45, 2.75) is 26.3 Å². The van der Waals surface area contributed by atoms with Gasteiger partial charge in [0.25, 0.3) is 0 Å². The van der Waals surface area contributed by atoms with Crippen LogP contribution >= 0.6 is 24.0 Å². The van der Waals surface area contributed by atoms with Crippen LogP contribution in [0.25, 0.3) is 11.2 Å². The molecule has 0 aliphatic rings. The summed E-state index contributed by atoms with van der Waals surface area (Å²) in [7, 11) is 0. The first-order chi connectivity index (χ1) is 8.17. The third-order valence-electron chi connectivity index (χ3n) is 2.89. The number of aromatic amines is 1. The zero-order valence-corrected chi connectivity index (χ0v) is 12.0. The van der Waals surface area contributed by atoms with E-state index < -0.39 is 0 Å². The number of aryl methyl sites for hydroxylation is 1. The van der Waals surface area contributed by atoms with Crippen LogP contribution in [0.15, 0.2) is 12.3 Å². The molecule has 17 heavy (non-hydrogen) atoms. The second-order valence-electron chi connectivity index (χ2n) is 4.20. The molecule has 0 aromatic carbocycles. The summed E-state index contributed by atoms with van der Waals surface area (Å²) in [6.45, 7) is 4.23. The van der Waals surface area contributed by atoms with Crippen molar-refractivity contribution in [3.8, 4) is 0 Å². The number of nitrogens with one attached hydrogen (secondary N) is 1. The van der Waals surface area contributed by atoms with Gasteiger partial charge in [0.15, 0.2) is 10.4 Å². The van der Waals surface area contributed by atoms with Gasteiger partial charge >= 0.3 is 0 Å². The predicted octanol–water partition coefficient (Wildman–Crippen LogP) is 3.72. The largest absolute Gasteiger partial charge is 0.329 e. The normalized spacial score (nSPS) is 13.1. The van der Waals surface area contributed by atoms with Crippen molar-refractivity contribution < 1.29 is 0 Å². The first kappa shape index (κ1) is 12.6. The summed E-state index contributed by atoms with van der Waals surface area (Å²) < 4.78 is 2.93. The summed E-state index contributed by atoms with van der Waals surface area (Å²) in [6.07, 6.45) is 5.09. The molecule has 1 N–H and O–H groups in total. The number of pyridine rings is 1. The summed E-state index contributed by atoms with van der Waals surface area (Å²) in [5.41, 5.74) is 3.16. The Bertz CT molecular complexity index is 571. The lowest BCUT2D eigenvalue weighted by Gasteiger charge is -2.15. The summed E-state index contributed by atoms with van der Waals surface area (Å²) >= 11 is 7.26. The van der Waals surface area contributed by atoms with Gasteiger partial charge in [-0.05, 0) is 43.4 Å². The third kappa shape index (κ3) is 2.40. The van der Waals surface area contributed by atoms with Crippen LogP contribution in [0, 0.1) is 11.7 Å². The Balaban J connectivity index is 2.59. The van der Waals surface area contributed by atoms with Crippen LogP contribution in [0.4, 0.5) is 0 Å². The number of imidazole rings is 1. The first-order valence-corrected chi connectivity index (χ1v) is 7.53. The summed E-state index contributed by atoms with van der Waals surface area (Å²) in [5.74, 6) is 1.06. The lowest BCUT2D eigenvalue weighted by atomic mass is 10.2. The van der Waals surface area contributed by atoms with Crippen LogP contribution < -0.4 is 0 Å². The molecule has 0 aliphatic heterocycles. The first-order valence-electron chi connectivity index (χ1n) is 5.73. The molecule has 0 aliphatic carbocycles. The maximum atomic E-state index is 5.41. The Morgan fingerprint density at radius 2 is 2.35 bits per heavy atom. The maximum absolute atomic E-state index is 5.41. The van der Waals surface area contributed by atoms with E-state index in [2.05, 4.69) is 33.8 Å². The van der Waals surface area contributed by atoms with Crippen LogP contribution in [0.2, 0.25) is 0 Å². The fourth-order valence-electron chi connectivity index (χ4n) is 2.02. The van der Waals surface area contributed by atoms with Crippen LogP contribution in [0.3, 0.4) is 0 Å². The second-order valence-corrected chi connectivity index (χ2v) is 5.50. The number of aromatic nitrogens is 3. The molecule has 1 atom stereocenters. The van der Waals surface area contributed by atoms with E-state index >= 15 is 0 Å². The Kier molecular flexibility index (Phi) is 3.89. The molecule has 2 aromatic heterocycles. The Hall–Kier alpha value is -0.810. The molecule has 0 spiro atoms. The average molecular weight is 267 g/mol. The predicted molar refractivity (Wildman–Crippen MR) is 77.4 cm³/mol. The highest BCUT2D eigenvalue weighted by molar-refractivity contribution is 7.98. The minimum Gasteiger partial charge on any atom is -0.329 e. The molecule has 1 unspecified atom stereocenters. The maximum Gasteiger partial charge on any atom is 0.179 e. The summed E-state index contributed by atoms with van der Waals surface area (Å²) in [6, 6.07) is 2.52. The quantitative estimate of drug-likeness (QED) is 0.857. The SMILES string of the molecule is CCC(CSC)n1c(=S)[nH]c2cc(C)cnc21. The molecule has 2 aromatic rings. The molecule has 0 radical (unpaired) electrons. The molecule has 0 saturated heterocycles. The van der Waals surface area contributed by atoms with E-state index in [1.165, 1.54) is 0 Å². The molecular weight excluding hydrogens is 250 g/mol. The van der Waals surface area contributed by atoms with Crippen LogP contribution in [0.5, 0.6) is 0 Å². The van der Waals surface area contributed by atoms with Crippen molar-refractivity contribution in [1.82, 2.24) is 14.5 Å². The van der Waals surface area contributed by atoms with E-state index in [9.17, 15) is 0 Å². The molecule has 0 amide bonds. The van der Waals surface area contributed by atoms with Gasteiger partial charge in [-0.2, -0.15) is 11.8 Å². The minimum absolute atomic E-state index is 0.418. The molecule has 0 saturated carbocycles. The van der Waals surface area contributed by atoms with Crippen molar-refractivity contribution in [3.05, 3.63) is 22.6 Å². The van der Waals surface area contributed by atoms with Crippen molar-refractivity contribution in [3.63, 3.8) is 0 Å².